The van der Waals surface area contributed by atoms with E-state index in [0.717, 1.165) is 18.4 Å². The van der Waals surface area contributed by atoms with Crippen molar-refractivity contribution in [3.8, 4) is 17.2 Å². The molecule has 0 radical (unpaired) electrons. The number of nitrogens with zero attached hydrogens (tertiary/aromatic N) is 1. The molecular weight excluding hydrogens is 382 g/mol. The Kier molecular flexibility index (Phi) is 5.79. The number of rotatable bonds is 8. The minimum absolute atomic E-state index is 0.210. The van der Waals surface area contributed by atoms with E-state index in [1.54, 1.807) is 31.4 Å². The highest BCUT2D eigenvalue weighted by Gasteiger charge is 2.34. The Bertz CT molecular complexity index is 1020. The molecule has 0 saturated heterocycles. The van der Waals surface area contributed by atoms with E-state index < -0.39 is 0 Å². The topological polar surface area (TPSA) is 93.5 Å². The van der Waals surface area contributed by atoms with Gasteiger partial charge in [0.25, 0.3) is 11.8 Å². The second kappa shape index (κ2) is 8.82. The minimum atomic E-state index is -0.290. The van der Waals surface area contributed by atoms with Crippen LogP contribution in [0.3, 0.4) is 0 Å². The lowest BCUT2D eigenvalue weighted by Crippen LogP contribution is -2.35. The first kappa shape index (κ1) is 19.7. The molecule has 1 aromatic heterocycles. The Morgan fingerprint density at radius 2 is 1.67 bits per heavy atom. The number of nitrogens with one attached hydrogen (secondary N) is 2. The summed E-state index contributed by atoms with van der Waals surface area (Å²) >= 11 is 0. The maximum absolute atomic E-state index is 12.7. The predicted molar refractivity (Wildman–Crippen MR) is 112 cm³/mol. The van der Waals surface area contributed by atoms with Gasteiger partial charge in [0.15, 0.2) is 5.69 Å². The van der Waals surface area contributed by atoms with Crippen LogP contribution < -0.4 is 15.4 Å². The molecule has 4 rings (SSSR count). The molecule has 0 spiro atoms. The molecule has 154 valence electrons. The second-order valence-corrected chi connectivity index (χ2v) is 7.11. The van der Waals surface area contributed by atoms with Gasteiger partial charge in [-0.3, -0.25) is 9.59 Å². The third-order valence-corrected chi connectivity index (χ3v) is 4.89. The second-order valence-electron chi connectivity index (χ2n) is 7.11. The van der Waals surface area contributed by atoms with E-state index in [0.29, 0.717) is 41.7 Å². The lowest BCUT2D eigenvalue weighted by Gasteiger charge is -2.07. The van der Waals surface area contributed by atoms with Crippen molar-refractivity contribution in [3.63, 3.8) is 0 Å². The van der Waals surface area contributed by atoms with Crippen LogP contribution in [0.15, 0.2) is 59.0 Å². The monoisotopic (exact) mass is 405 g/mol. The van der Waals surface area contributed by atoms with Crippen molar-refractivity contribution in [3.05, 3.63) is 71.6 Å². The molecular formula is C23H23N3O4. The Morgan fingerprint density at radius 1 is 1.00 bits per heavy atom. The molecule has 7 heteroatoms. The van der Waals surface area contributed by atoms with Gasteiger partial charge in [-0.2, -0.15) is 0 Å². The highest BCUT2D eigenvalue weighted by Crippen LogP contribution is 2.43. The van der Waals surface area contributed by atoms with Gasteiger partial charge >= 0.3 is 0 Å². The number of oxazole rings is 1. The molecule has 0 unspecified atom stereocenters. The SMILES string of the molecule is COc1ccc(C(=O)NCCNC(=O)c2nc(-c3ccccc3)oc2C2CC2)cc1. The lowest BCUT2D eigenvalue weighted by atomic mass is 10.2. The molecule has 2 amide bonds. The predicted octanol–water partition coefficient (Wildman–Crippen LogP) is 3.39. The van der Waals surface area contributed by atoms with Crippen LogP contribution in [0.1, 0.15) is 45.4 Å². The Labute approximate surface area is 174 Å². The average molecular weight is 405 g/mol. The number of carbonyl (C=O) groups is 2. The molecule has 2 aromatic carbocycles. The first-order valence-corrected chi connectivity index (χ1v) is 9.92. The van der Waals surface area contributed by atoms with Gasteiger partial charge in [0.05, 0.1) is 7.11 Å². The zero-order valence-corrected chi connectivity index (χ0v) is 16.7. The van der Waals surface area contributed by atoms with Gasteiger partial charge in [-0.1, -0.05) is 18.2 Å². The van der Waals surface area contributed by atoms with Gasteiger partial charge in [-0.15, -0.1) is 0 Å². The van der Waals surface area contributed by atoms with Crippen LogP contribution in [0.5, 0.6) is 5.75 Å². The van der Waals surface area contributed by atoms with E-state index in [9.17, 15) is 9.59 Å². The first-order chi connectivity index (χ1) is 14.7. The van der Waals surface area contributed by atoms with Gasteiger partial charge in [-0.05, 0) is 49.2 Å². The number of amides is 2. The van der Waals surface area contributed by atoms with Crippen molar-refractivity contribution in [1.29, 1.82) is 0 Å². The molecule has 3 aromatic rings. The maximum atomic E-state index is 12.7. The van der Waals surface area contributed by atoms with Crippen LogP contribution in [0.2, 0.25) is 0 Å². The molecule has 1 saturated carbocycles. The molecule has 1 aliphatic carbocycles. The van der Waals surface area contributed by atoms with Crippen LogP contribution in [-0.4, -0.2) is 37.0 Å². The largest absolute Gasteiger partial charge is 0.497 e. The molecule has 1 heterocycles. The zero-order valence-electron chi connectivity index (χ0n) is 16.7. The summed E-state index contributed by atoms with van der Waals surface area (Å²) in [6, 6.07) is 16.4. The molecule has 0 aliphatic heterocycles. The van der Waals surface area contributed by atoms with E-state index in [1.165, 1.54) is 0 Å². The van der Waals surface area contributed by atoms with E-state index in [4.69, 9.17) is 9.15 Å². The summed E-state index contributed by atoms with van der Waals surface area (Å²) in [5.41, 5.74) is 1.70. The van der Waals surface area contributed by atoms with E-state index >= 15 is 0 Å². The molecule has 0 bridgehead atoms. The zero-order chi connectivity index (χ0) is 20.9. The standard InChI is InChI=1S/C23H23N3O4/c1-29-18-11-9-16(10-12-18)21(27)24-13-14-25-22(28)19-20(15-7-8-15)30-23(26-19)17-5-3-2-4-6-17/h2-6,9-12,15H,7-8,13-14H2,1H3,(H,24,27)(H,25,28). The fraction of sp³-hybridized carbons (Fsp3) is 0.261. The summed E-state index contributed by atoms with van der Waals surface area (Å²) in [5, 5.41) is 5.60. The fourth-order valence-corrected chi connectivity index (χ4v) is 3.10. The quantitative estimate of drug-likeness (QED) is 0.561. The van der Waals surface area contributed by atoms with Crippen LogP contribution in [-0.2, 0) is 0 Å². The number of carbonyl (C=O) groups excluding carboxylic acids is 2. The molecule has 2 N–H and O–H groups in total. The maximum Gasteiger partial charge on any atom is 0.273 e. The number of methoxy groups -OCH3 is 1. The Hall–Kier alpha value is -3.61. The van der Waals surface area contributed by atoms with Crippen molar-refractivity contribution in [1.82, 2.24) is 15.6 Å². The highest BCUT2D eigenvalue weighted by molar-refractivity contribution is 5.95. The van der Waals surface area contributed by atoms with Crippen LogP contribution in [0.25, 0.3) is 11.5 Å². The van der Waals surface area contributed by atoms with Gasteiger partial charge in [0.2, 0.25) is 5.89 Å². The summed E-state index contributed by atoms with van der Waals surface area (Å²) in [5.74, 6) is 1.54. The summed E-state index contributed by atoms with van der Waals surface area (Å²) in [7, 11) is 1.57. The summed E-state index contributed by atoms with van der Waals surface area (Å²) < 4.78 is 11.0. The molecule has 30 heavy (non-hydrogen) atoms. The molecule has 7 nitrogen and oxygen atoms in total. The van der Waals surface area contributed by atoms with Crippen molar-refractivity contribution in [2.24, 2.45) is 0 Å². The number of aromatic nitrogens is 1. The third kappa shape index (κ3) is 4.51. The number of ether oxygens (including phenoxy) is 1. The number of hydrogen-bond acceptors (Lipinski definition) is 5. The first-order valence-electron chi connectivity index (χ1n) is 9.92. The normalized spacial score (nSPS) is 13.0. The third-order valence-electron chi connectivity index (χ3n) is 4.89. The molecule has 1 fully saturated rings. The van der Waals surface area contributed by atoms with Gasteiger partial charge in [0, 0.05) is 30.1 Å². The Balaban J connectivity index is 1.34. The summed E-state index contributed by atoms with van der Waals surface area (Å²) in [6.45, 7) is 0.594. The minimum Gasteiger partial charge on any atom is -0.497 e. The van der Waals surface area contributed by atoms with E-state index in [-0.39, 0.29) is 17.7 Å². The average Bonchev–Trinajstić information content (AvgIpc) is 3.55. The van der Waals surface area contributed by atoms with E-state index in [1.807, 2.05) is 30.3 Å². The van der Waals surface area contributed by atoms with Crippen LogP contribution >= 0.6 is 0 Å². The van der Waals surface area contributed by atoms with Crippen molar-refractivity contribution < 1.29 is 18.7 Å². The van der Waals surface area contributed by atoms with Crippen molar-refractivity contribution >= 4 is 11.8 Å². The van der Waals surface area contributed by atoms with Crippen molar-refractivity contribution in [2.75, 3.05) is 20.2 Å². The summed E-state index contributed by atoms with van der Waals surface area (Å²) in [4.78, 5) is 29.3. The lowest BCUT2D eigenvalue weighted by molar-refractivity contribution is 0.0924. The smallest absolute Gasteiger partial charge is 0.273 e. The van der Waals surface area contributed by atoms with Gasteiger partial charge in [0.1, 0.15) is 11.5 Å². The van der Waals surface area contributed by atoms with Gasteiger partial charge < -0.3 is 19.8 Å². The fourth-order valence-electron chi connectivity index (χ4n) is 3.10. The van der Waals surface area contributed by atoms with Gasteiger partial charge in [-0.25, -0.2) is 4.98 Å². The Morgan fingerprint density at radius 3 is 2.30 bits per heavy atom. The van der Waals surface area contributed by atoms with Crippen molar-refractivity contribution in [2.45, 2.75) is 18.8 Å². The van der Waals surface area contributed by atoms with Crippen LogP contribution in [0, 0.1) is 0 Å². The molecule has 0 atom stereocenters. The highest BCUT2D eigenvalue weighted by atomic mass is 16.5. The summed E-state index contributed by atoms with van der Waals surface area (Å²) in [6.07, 6.45) is 2.00. The number of hydrogen-bond donors (Lipinski definition) is 2. The van der Waals surface area contributed by atoms with E-state index in [2.05, 4.69) is 15.6 Å². The number of benzene rings is 2. The van der Waals surface area contributed by atoms with Crippen LogP contribution in [0.4, 0.5) is 0 Å². The molecule has 1 aliphatic rings.